The molecule has 5 rings (SSSR count). The first-order chi connectivity index (χ1) is 14.7. The molecule has 1 aliphatic carbocycles. The summed E-state index contributed by atoms with van der Waals surface area (Å²) in [5.74, 6) is 0. The minimum atomic E-state index is 0.115. The zero-order valence-corrected chi connectivity index (χ0v) is 19.0. The predicted octanol–water partition coefficient (Wildman–Crippen LogP) is 8.87. The lowest BCUT2D eigenvalue weighted by atomic mass is 9.73. The zero-order chi connectivity index (χ0) is 20.7. The lowest BCUT2D eigenvalue weighted by Gasteiger charge is -2.30. The zero-order valence-electron chi connectivity index (χ0n) is 17.5. The van der Waals surface area contributed by atoms with Gasteiger partial charge in [0.2, 0.25) is 0 Å². The average Bonchev–Trinajstić information content (AvgIpc) is 3.09. The predicted molar refractivity (Wildman–Crippen MR) is 132 cm³/mol. The Morgan fingerprint density at radius 3 is 1.87 bits per heavy atom. The highest BCUT2D eigenvalue weighted by molar-refractivity contribution is 9.10. The van der Waals surface area contributed by atoms with Gasteiger partial charge in [0.25, 0.3) is 0 Å². The van der Waals surface area contributed by atoms with Crippen molar-refractivity contribution < 1.29 is 0 Å². The van der Waals surface area contributed by atoms with Crippen molar-refractivity contribution in [1.29, 1.82) is 0 Å². The van der Waals surface area contributed by atoms with Crippen LogP contribution in [-0.2, 0) is 5.41 Å². The van der Waals surface area contributed by atoms with Gasteiger partial charge in [-0.1, -0.05) is 96.5 Å². The van der Waals surface area contributed by atoms with E-state index < -0.39 is 0 Å². The topological polar surface area (TPSA) is 0 Å². The molecule has 0 bridgehead atoms. The summed E-state index contributed by atoms with van der Waals surface area (Å²) in [6.45, 7) is 4.66. The highest BCUT2D eigenvalue weighted by atomic mass is 79.9. The minimum Gasteiger partial charge on any atom is -0.0642 e. The molecule has 0 radical (unpaired) electrons. The quantitative estimate of drug-likeness (QED) is 0.289. The second-order valence-electron chi connectivity index (χ2n) is 8.19. The molecule has 4 aromatic carbocycles. The van der Waals surface area contributed by atoms with Crippen molar-refractivity contribution in [2.45, 2.75) is 32.1 Å². The van der Waals surface area contributed by atoms with E-state index in [1.807, 2.05) is 0 Å². The van der Waals surface area contributed by atoms with Crippen LogP contribution in [-0.4, -0.2) is 0 Å². The number of benzene rings is 4. The van der Waals surface area contributed by atoms with Crippen molar-refractivity contribution in [3.63, 3.8) is 0 Å². The van der Waals surface area contributed by atoms with E-state index in [-0.39, 0.29) is 5.41 Å². The molecule has 1 heteroatoms. The van der Waals surface area contributed by atoms with E-state index in [0.717, 1.165) is 17.3 Å². The number of hydrogen-bond acceptors (Lipinski definition) is 0. The van der Waals surface area contributed by atoms with E-state index in [2.05, 4.69) is 121 Å². The molecule has 0 atom stereocenters. The molecule has 1 aliphatic rings. The van der Waals surface area contributed by atoms with Crippen molar-refractivity contribution in [3.8, 4) is 33.4 Å². The van der Waals surface area contributed by atoms with Crippen LogP contribution in [0.15, 0.2) is 95.5 Å². The fraction of sp³-hybridized carbons (Fsp3) is 0.172. The molecule has 0 saturated heterocycles. The van der Waals surface area contributed by atoms with E-state index in [4.69, 9.17) is 0 Å². The lowest BCUT2D eigenvalue weighted by Crippen LogP contribution is -2.23. The first-order valence-electron chi connectivity index (χ1n) is 10.8. The van der Waals surface area contributed by atoms with Crippen LogP contribution in [0.1, 0.15) is 37.8 Å². The van der Waals surface area contributed by atoms with Crippen LogP contribution in [0.25, 0.3) is 33.4 Å². The van der Waals surface area contributed by atoms with Gasteiger partial charge in [-0.25, -0.2) is 0 Å². The maximum atomic E-state index is 3.60. The molecule has 148 valence electrons. The van der Waals surface area contributed by atoms with Crippen LogP contribution in [0.5, 0.6) is 0 Å². The summed E-state index contributed by atoms with van der Waals surface area (Å²) in [6.07, 6.45) is 2.24. The van der Waals surface area contributed by atoms with Gasteiger partial charge in [-0.05, 0) is 81.6 Å². The van der Waals surface area contributed by atoms with E-state index in [0.29, 0.717) is 0 Å². The molecular formula is C29H25Br. The van der Waals surface area contributed by atoms with Gasteiger partial charge < -0.3 is 0 Å². The number of fused-ring (bicyclic) bond motifs is 3. The molecular weight excluding hydrogens is 428 g/mol. The largest absolute Gasteiger partial charge is 0.0642 e. The number of hydrogen-bond donors (Lipinski definition) is 0. The van der Waals surface area contributed by atoms with Gasteiger partial charge in [0, 0.05) is 9.89 Å². The van der Waals surface area contributed by atoms with Gasteiger partial charge in [0.05, 0.1) is 0 Å². The second kappa shape index (κ2) is 7.56. The SMILES string of the molecule is CCC1(CC)c2ccccc2-c2ccc(-c3cccc(-c4cccc(Br)c4)c3)cc21. The fourth-order valence-corrected chi connectivity index (χ4v) is 5.59. The van der Waals surface area contributed by atoms with Crippen LogP contribution in [0.4, 0.5) is 0 Å². The molecule has 0 aromatic heterocycles. The molecule has 0 nitrogen and oxygen atoms in total. The maximum Gasteiger partial charge on any atom is 0.0210 e. The van der Waals surface area contributed by atoms with Gasteiger partial charge in [-0.15, -0.1) is 0 Å². The third-order valence-electron chi connectivity index (χ3n) is 6.83. The Labute approximate surface area is 187 Å². The summed E-state index contributed by atoms with van der Waals surface area (Å²) in [4.78, 5) is 0. The standard InChI is InChI=1S/C29H25Br/c1-3-29(4-2)27-14-6-5-13-25(27)26-16-15-23(19-28(26)29)21-10-7-9-20(17-21)22-11-8-12-24(30)18-22/h5-19H,3-4H2,1-2H3. The molecule has 0 heterocycles. The second-order valence-corrected chi connectivity index (χ2v) is 9.10. The summed E-state index contributed by atoms with van der Waals surface area (Å²) in [7, 11) is 0. The Kier molecular flexibility index (Phi) is 4.87. The van der Waals surface area contributed by atoms with Crippen LogP contribution in [0, 0.1) is 0 Å². The summed E-state index contributed by atoms with van der Waals surface area (Å²) in [6, 6.07) is 33.4. The number of rotatable bonds is 4. The monoisotopic (exact) mass is 452 g/mol. The average molecular weight is 453 g/mol. The number of halogens is 1. The van der Waals surface area contributed by atoms with E-state index in [1.165, 1.54) is 44.5 Å². The van der Waals surface area contributed by atoms with Gasteiger partial charge in [-0.2, -0.15) is 0 Å². The van der Waals surface area contributed by atoms with Gasteiger partial charge in [0.15, 0.2) is 0 Å². The molecule has 0 aliphatic heterocycles. The van der Waals surface area contributed by atoms with Gasteiger partial charge in [0.1, 0.15) is 0 Å². The molecule has 0 fully saturated rings. The third kappa shape index (κ3) is 2.96. The smallest absolute Gasteiger partial charge is 0.0210 e. The summed E-state index contributed by atoms with van der Waals surface area (Å²) < 4.78 is 1.11. The van der Waals surface area contributed by atoms with Crippen molar-refractivity contribution >= 4 is 15.9 Å². The molecule has 0 N–H and O–H groups in total. The molecule has 0 amide bonds. The highest BCUT2D eigenvalue weighted by Gasteiger charge is 2.40. The van der Waals surface area contributed by atoms with Crippen molar-refractivity contribution in [2.24, 2.45) is 0 Å². The summed E-state index contributed by atoms with van der Waals surface area (Å²) in [5.41, 5.74) is 10.9. The normalized spacial score (nSPS) is 13.7. The fourth-order valence-electron chi connectivity index (χ4n) is 5.19. The minimum absolute atomic E-state index is 0.115. The van der Waals surface area contributed by atoms with Crippen molar-refractivity contribution in [3.05, 3.63) is 107 Å². The Hall–Kier alpha value is -2.64. The Balaban J connectivity index is 1.64. The van der Waals surface area contributed by atoms with E-state index in [1.54, 1.807) is 0 Å². The first-order valence-corrected chi connectivity index (χ1v) is 11.6. The third-order valence-corrected chi connectivity index (χ3v) is 7.32. The molecule has 0 saturated carbocycles. The molecule has 0 spiro atoms. The van der Waals surface area contributed by atoms with Crippen LogP contribution in [0.3, 0.4) is 0 Å². The van der Waals surface area contributed by atoms with E-state index >= 15 is 0 Å². The lowest BCUT2D eigenvalue weighted by molar-refractivity contribution is 0.490. The van der Waals surface area contributed by atoms with Crippen molar-refractivity contribution in [2.75, 3.05) is 0 Å². The van der Waals surface area contributed by atoms with Crippen LogP contribution in [0.2, 0.25) is 0 Å². The Morgan fingerprint density at radius 2 is 1.17 bits per heavy atom. The van der Waals surface area contributed by atoms with Gasteiger partial charge in [-0.3, -0.25) is 0 Å². The molecule has 30 heavy (non-hydrogen) atoms. The van der Waals surface area contributed by atoms with E-state index in [9.17, 15) is 0 Å². The highest BCUT2D eigenvalue weighted by Crippen LogP contribution is 2.53. The summed E-state index contributed by atoms with van der Waals surface area (Å²) in [5, 5.41) is 0. The van der Waals surface area contributed by atoms with Gasteiger partial charge >= 0.3 is 0 Å². The maximum absolute atomic E-state index is 3.60. The summed E-state index contributed by atoms with van der Waals surface area (Å²) >= 11 is 3.60. The Bertz CT molecular complexity index is 1230. The van der Waals surface area contributed by atoms with Crippen LogP contribution >= 0.6 is 15.9 Å². The van der Waals surface area contributed by atoms with Crippen molar-refractivity contribution in [1.82, 2.24) is 0 Å². The first kappa shape index (κ1) is 19.3. The molecule has 4 aromatic rings. The van der Waals surface area contributed by atoms with Crippen LogP contribution < -0.4 is 0 Å². The Morgan fingerprint density at radius 1 is 0.567 bits per heavy atom. The molecule has 0 unspecified atom stereocenters.